The largest absolute Gasteiger partial charge is 0.491 e. The van der Waals surface area contributed by atoms with E-state index in [1.807, 2.05) is 53.4 Å². The summed E-state index contributed by atoms with van der Waals surface area (Å²) in [5, 5.41) is 12.2. The molecule has 2 aromatic carbocycles. The number of fused-ring (bicyclic) bond motifs is 1. The van der Waals surface area contributed by atoms with Crippen molar-refractivity contribution in [3.05, 3.63) is 72.8 Å². The molecule has 0 unspecified atom stereocenters. The summed E-state index contributed by atoms with van der Waals surface area (Å²) in [6.07, 6.45) is 3.83. The molecule has 0 aliphatic carbocycles. The Hall–Kier alpha value is -3.58. The third-order valence-electron chi connectivity index (χ3n) is 4.55. The molecule has 0 bridgehead atoms. The third kappa shape index (κ3) is 4.14. The van der Waals surface area contributed by atoms with E-state index in [9.17, 15) is 4.39 Å². The van der Waals surface area contributed by atoms with E-state index < -0.39 is 0 Å². The fourth-order valence-electron chi connectivity index (χ4n) is 3.09. The normalized spacial score (nSPS) is 11.0. The van der Waals surface area contributed by atoms with Crippen molar-refractivity contribution >= 4 is 11.4 Å². The summed E-state index contributed by atoms with van der Waals surface area (Å²) in [6, 6.07) is 15.8. The van der Waals surface area contributed by atoms with Crippen LogP contribution in [0.2, 0.25) is 0 Å². The number of nitrogens with two attached hydrogens (primary N) is 1. The summed E-state index contributed by atoms with van der Waals surface area (Å²) in [4.78, 5) is 4.58. The molecule has 4 rings (SSSR count). The van der Waals surface area contributed by atoms with Gasteiger partial charge in [-0.2, -0.15) is 0 Å². The summed E-state index contributed by atoms with van der Waals surface area (Å²) in [5.74, 6) is 0.112. The predicted molar refractivity (Wildman–Crippen MR) is 111 cm³/mol. The average molecular weight is 392 g/mol. The molecule has 2 heterocycles. The van der Waals surface area contributed by atoms with E-state index in [0.29, 0.717) is 29.4 Å². The van der Waals surface area contributed by atoms with Gasteiger partial charge in [-0.05, 0) is 42.5 Å². The highest BCUT2D eigenvalue weighted by atomic mass is 19.1. The number of nitrogens with zero attached hydrogens (tertiary/aromatic N) is 2. The average Bonchev–Trinajstić information content (AvgIpc) is 3.15. The van der Waals surface area contributed by atoms with Crippen LogP contribution in [0.1, 0.15) is 0 Å². The second-order valence-electron chi connectivity index (χ2n) is 6.58. The lowest BCUT2D eigenvalue weighted by Gasteiger charge is -2.12. The fourth-order valence-corrected chi connectivity index (χ4v) is 3.09. The van der Waals surface area contributed by atoms with Crippen LogP contribution in [0, 0.1) is 5.82 Å². The van der Waals surface area contributed by atoms with E-state index in [0.717, 1.165) is 16.9 Å². The van der Waals surface area contributed by atoms with Crippen LogP contribution >= 0.6 is 0 Å². The van der Waals surface area contributed by atoms with Crippen LogP contribution in [-0.2, 0) is 6.67 Å². The Kier molecular flexibility index (Phi) is 5.31. The van der Waals surface area contributed by atoms with E-state index in [1.165, 1.54) is 12.1 Å². The van der Waals surface area contributed by atoms with E-state index in [-0.39, 0.29) is 19.0 Å². The molecule has 148 valence electrons. The zero-order chi connectivity index (χ0) is 20.2. The van der Waals surface area contributed by atoms with Gasteiger partial charge in [-0.15, -0.1) is 0 Å². The van der Waals surface area contributed by atoms with Gasteiger partial charge in [-0.3, -0.25) is 0 Å². The molecule has 6 nitrogen and oxygen atoms in total. The molecule has 7 heteroatoms. The number of rotatable bonds is 7. The van der Waals surface area contributed by atoms with E-state index in [1.54, 1.807) is 6.07 Å². The maximum absolute atomic E-state index is 14.4. The molecular weight excluding hydrogens is 371 g/mol. The maximum Gasteiger partial charge on any atom is 0.132 e. The van der Waals surface area contributed by atoms with E-state index in [4.69, 9.17) is 15.6 Å². The zero-order valence-corrected chi connectivity index (χ0v) is 15.7. The molecule has 2 aromatic rings. The molecular formula is C22H21FN4O2. The van der Waals surface area contributed by atoms with E-state index >= 15 is 0 Å². The minimum atomic E-state index is -0.377. The number of nitrogen functional groups attached to an aromatic ring is 1. The molecule has 0 amide bonds. The lowest BCUT2D eigenvalue weighted by Crippen LogP contribution is -2.09. The van der Waals surface area contributed by atoms with Gasteiger partial charge in [-0.1, -0.05) is 12.1 Å². The molecule has 4 N–H and O–H groups in total. The van der Waals surface area contributed by atoms with Gasteiger partial charge in [0.2, 0.25) is 0 Å². The fraction of sp³-hybridized carbons (Fsp3) is 0.136. The summed E-state index contributed by atoms with van der Waals surface area (Å²) in [7, 11) is 0. The highest BCUT2D eigenvalue weighted by molar-refractivity contribution is 5.74. The van der Waals surface area contributed by atoms with Crippen LogP contribution < -0.4 is 15.8 Å². The lowest BCUT2D eigenvalue weighted by atomic mass is 10.1. The van der Waals surface area contributed by atoms with Crippen molar-refractivity contribution in [1.82, 2.24) is 9.55 Å². The quantitative estimate of drug-likeness (QED) is 0.417. The Labute approximate surface area is 167 Å². The maximum atomic E-state index is 14.4. The van der Waals surface area contributed by atoms with Crippen molar-refractivity contribution in [1.29, 1.82) is 0 Å². The van der Waals surface area contributed by atoms with Crippen LogP contribution in [0.15, 0.2) is 67.0 Å². The third-order valence-corrected chi connectivity index (χ3v) is 4.55. The monoisotopic (exact) mass is 392 g/mol. The second kappa shape index (κ2) is 8.20. The number of hydrogen-bond acceptors (Lipinski definition) is 5. The number of aliphatic hydroxyl groups is 1. The van der Waals surface area contributed by atoms with Gasteiger partial charge in [-0.25, -0.2) is 9.37 Å². The van der Waals surface area contributed by atoms with Crippen LogP contribution in [-0.4, -0.2) is 27.9 Å². The number of benzene rings is 2. The topological polar surface area (TPSA) is 85.3 Å². The number of anilines is 2. The van der Waals surface area contributed by atoms with Gasteiger partial charge in [0, 0.05) is 23.5 Å². The summed E-state index contributed by atoms with van der Waals surface area (Å²) in [5.41, 5.74) is 10.1. The lowest BCUT2D eigenvalue weighted by molar-refractivity contribution is 0.201. The predicted octanol–water partition coefficient (Wildman–Crippen LogP) is 3.82. The Morgan fingerprint density at radius 3 is 2.79 bits per heavy atom. The van der Waals surface area contributed by atoms with Gasteiger partial charge >= 0.3 is 0 Å². The molecule has 0 spiro atoms. The van der Waals surface area contributed by atoms with Crippen LogP contribution in [0.25, 0.3) is 22.5 Å². The van der Waals surface area contributed by atoms with Gasteiger partial charge in [0.05, 0.1) is 36.0 Å². The number of nitrogens with one attached hydrogen (secondary N) is 1. The van der Waals surface area contributed by atoms with Crippen LogP contribution in [0.3, 0.4) is 0 Å². The summed E-state index contributed by atoms with van der Waals surface area (Å²) >= 11 is 0. The van der Waals surface area contributed by atoms with Crippen molar-refractivity contribution in [2.45, 2.75) is 6.67 Å². The van der Waals surface area contributed by atoms with Gasteiger partial charge in [0.1, 0.15) is 18.2 Å². The van der Waals surface area contributed by atoms with Crippen molar-refractivity contribution < 1.29 is 14.2 Å². The van der Waals surface area contributed by atoms with Gasteiger partial charge in [0.15, 0.2) is 0 Å². The minimum Gasteiger partial charge on any atom is -0.491 e. The summed E-state index contributed by atoms with van der Waals surface area (Å²) in [6.45, 7) is 0.569. The molecule has 0 saturated heterocycles. The molecule has 0 radical (unpaired) electrons. The Morgan fingerprint density at radius 2 is 1.97 bits per heavy atom. The van der Waals surface area contributed by atoms with Crippen molar-refractivity contribution in [3.63, 3.8) is 0 Å². The molecule has 0 fully saturated rings. The molecule has 29 heavy (non-hydrogen) atoms. The minimum absolute atomic E-state index is 0.103. The number of ether oxygens (including phenoxy) is 1. The first-order valence-electron chi connectivity index (χ1n) is 9.22. The number of aromatic nitrogens is 2. The molecule has 0 atom stereocenters. The molecule has 2 aliphatic heterocycles. The number of pyridine rings is 1. The summed E-state index contributed by atoms with van der Waals surface area (Å²) < 4.78 is 21.7. The van der Waals surface area contributed by atoms with E-state index in [2.05, 4.69) is 10.3 Å². The van der Waals surface area contributed by atoms with Crippen molar-refractivity contribution in [3.8, 4) is 28.3 Å². The number of para-hydroxylation sites is 2. The Balaban J connectivity index is 1.58. The SMILES string of the molecule is Nc1ccccc1NCn1ccc2cc(-c3cc(OCCO)ccc3F)nc-2c1. The second-order valence-corrected chi connectivity index (χ2v) is 6.58. The highest BCUT2D eigenvalue weighted by Gasteiger charge is 2.15. The first-order chi connectivity index (χ1) is 14.1. The zero-order valence-electron chi connectivity index (χ0n) is 15.7. The molecule has 0 saturated carbocycles. The van der Waals surface area contributed by atoms with Crippen LogP contribution in [0.4, 0.5) is 15.8 Å². The molecule has 0 aromatic heterocycles. The van der Waals surface area contributed by atoms with Crippen LogP contribution in [0.5, 0.6) is 5.75 Å². The van der Waals surface area contributed by atoms with Gasteiger partial charge in [0.25, 0.3) is 0 Å². The Bertz CT molecular complexity index is 1100. The number of hydrogen-bond donors (Lipinski definition) is 3. The highest BCUT2D eigenvalue weighted by Crippen LogP contribution is 2.32. The van der Waals surface area contributed by atoms with Gasteiger partial charge < -0.3 is 25.5 Å². The number of halogens is 1. The standard InChI is InChI=1S/C22H21FN4O2/c23-18-6-5-16(29-10-9-28)12-17(18)21-11-15-7-8-27(13-22(15)26-21)14-25-20-4-2-1-3-19(20)24/h1-8,11-13,25,28H,9-10,14,24H2. The smallest absolute Gasteiger partial charge is 0.132 e. The Morgan fingerprint density at radius 1 is 1.10 bits per heavy atom. The number of aliphatic hydroxyl groups excluding tert-OH is 1. The van der Waals surface area contributed by atoms with Crippen molar-refractivity contribution in [2.24, 2.45) is 0 Å². The molecule has 2 aliphatic rings. The first kappa shape index (κ1) is 18.8. The van der Waals surface area contributed by atoms with Crippen molar-refractivity contribution in [2.75, 3.05) is 24.3 Å². The first-order valence-corrected chi connectivity index (χ1v) is 9.22.